The van der Waals surface area contributed by atoms with Gasteiger partial charge in [0.15, 0.2) is 0 Å². The van der Waals surface area contributed by atoms with E-state index >= 15 is 0 Å². The van der Waals surface area contributed by atoms with Crippen LogP contribution in [0.25, 0.3) is 10.9 Å². The van der Waals surface area contributed by atoms with Crippen molar-refractivity contribution in [1.29, 1.82) is 0 Å². The van der Waals surface area contributed by atoms with Crippen molar-refractivity contribution in [3.05, 3.63) is 41.0 Å². The van der Waals surface area contributed by atoms with Crippen molar-refractivity contribution in [3.63, 3.8) is 0 Å². The van der Waals surface area contributed by atoms with Crippen molar-refractivity contribution in [1.82, 2.24) is 4.98 Å². The zero-order valence-corrected chi connectivity index (χ0v) is 9.87. The van der Waals surface area contributed by atoms with E-state index in [0.29, 0.717) is 5.15 Å². The summed E-state index contributed by atoms with van der Waals surface area (Å²) < 4.78 is 0. The number of hydrogen-bond donors (Lipinski definition) is 0. The van der Waals surface area contributed by atoms with Crippen LogP contribution < -0.4 is 0 Å². The first kappa shape index (κ1) is 10.1. The number of halogens is 1. The van der Waals surface area contributed by atoms with Gasteiger partial charge in [-0.1, -0.05) is 30.5 Å². The van der Waals surface area contributed by atoms with E-state index < -0.39 is 0 Å². The fraction of sp³-hybridized carbons (Fsp3) is 0.357. The Morgan fingerprint density at radius 1 is 1.19 bits per heavy atom. The highest BCUT2D eigenvalue weighted by Gasteiger charge is 2.20. The molecule has 0 atom stereocenters. The second-order valence-corrected chi connectivity index (χ2v) is 5.03. The molecule has 3 rings (SSSR count). The number of rotatable bonds is 3. The molecule has 2 aromatic rings. The summed E-state index contributed by atoms with van der Waals surface area (Å²) in [5, 5.41) is 1.76. The number of nitrogens with zero attached hydrogens (tertiary/aromatic N) is 1. The maximum atomic E-state index is 5.86. The van der Waals surface area contributed by atoms with Crippen LogP contribution >= 0.6 is 11.6 Å². The van der Waals surface area contributed by atoms with Crippen LogP contribution in [0.3, 0.4) is 0 Å². The summed E-state index contributed by atoms with van der Waals surface area (Å²) in [6.45, 7) is 0. The Hall–Kier alpha value is -1.08. The Morgan fingerprint density at radius 3 is 2.88 bits per heavy atom. The molecule has 16 heavy (non-hydrogen) atoms. The molecule has 0 saturated heterocycles. The summed E-state index contributed by atoms with van der Waals surface area (Å²) in [6.07, 6.45) is 5.41. The van der Waals surface area contributed by atoms with Gasteiger partial charge in [-0.25, -0.2) is 4.98 Å². The number of hydrogen-bond acceptors (Lipinski definition) is 1. The third-order valence-corrected chi connectivity index (χ3v) is 3.47. The average Bonchev–Trinajstić information content (AvgIpc) is 3.10. The van der Waals surface area contributed by atoms with Crippen molar-refractivity contribution in [2.75, 3.05) is 0 Å². The lowest BCUT2D eigenvalue weighted by atomic mass is 10.1. The van der Waals surface area contributed by atoms with Gasteiger partial charge in [-0.05, 0) is 48.6 Å². The standard InChI is InChI=1S/C14H14ClN/c15-14-8-6-12-9-11(4-3-10-1-2-10)5-7-13(12)16-14/h5-10H,1-4H2. The fourth-order valence-electron chi connectivity index (χ4n) is 2.08. The largest absolute Gasteiger partial charge is 0.236 e. The molecule has 0 bridgehead atoms. The monoisotopic (exact) mass is 231 g/mol. The van der Waals surface area contributed by atoms with Crippen LogP contribution in [0.1, 0.15) is 24.8 Å². The van der Waals surface area contributed by atoms with Gasteiger partial charge in [0.1, 0.15) is 5.15 Å². The summed E-state index contributed by atoms with van der Waals surface area (Å²) in [4.78, 5) is 4.29. The van der Waals surface area contributed by atoms with Crippen LogP contribution in [0.2, 0.25) is 5.15 Å². The minimum Gasteiger partial charge on any atom is -0.236 e. The van der Waals surface area contributed by atoms with E-state index in [2.05, 4.69) is 23.2 Å². The predicted molar refractivity (Wildman–Crippen MR) is 67.8 cm³/mol. The topological polar surface area (TPSA) is 12.9 Å². The van der Waals surface area contributed by atoms with Gasteiger partial charge in [0.2, 0.25) is 0 Å². The van der Waals surface area contributed by atoms with Gasteiger partial charge < -0.3 is 0 Å². The lowest BCUT2D eigenvalue weighted by Crippen LogP contribution is -1.88. The zero-order chi connectivity index (χ0) is 11.0. The molecule has 1 aliphatic carbocycles. The first-order chi connectivity index (χ1) is 7.81. The SMILES string of the molecule is Clc1ccc2cc(CCC3CC3)ccc2n1. The molecule has 0 unspecified atom stereocenters. The zero-order valence-electron chi connectivity index (χ0n) is 9.12. The highest BCUT2D eigenvalue weighted by Crippen LogP contribution is 2.33. The molecule has 0 spiro atoms. The Balaban J connectivity index is 1.86. The van der Waals surface area contributed by atoms with Gasteiger partial charge in [0, 0.05) is 5.39 Å². The van der Waals surface area contributed by atoms with E-state index in [1.54, 1.807) is 0 Å². The summed E-state index contributed by atoms with van der Waals surface area (Å²) >= 11 is 5.86. The molecule has 1 fully saturated rings. The van der Waals surface area contributed by atoms with Gasteiger partial charge in [0.25, 0.3) is 0 Å². The van der Waals surface area contributed by atoms with Crippen molar-refractivity contribution >= 4 is 22.5 Å². The average molecular weight is 232 g/mol. The quantitative estimate of drug-likeness (QED) is 0.721. The molecule has 0 amide bonds. The van der Waals surface area contributed by atoms with Crippen LogP contribution in [0.5, 0.6) is 0 Å². The third kappa shape index (κ3) is 2.19. The lowest BCUT2D eigenvalue weighted by molar-refractivity contribution is 0.727. The molecule has 1 aromatic carbocycles. The van der Waals surface area contributed by atoms with E-state index in [-0.39, 0.29) is 0 Å². The van der Waals surface area contributed by atoms with Crippen molar-refractivity contribution in [3.8, 4) is 0 Å². The molecule has 1 aromatic heterocycles. The van der Waals surface area contributed by atoms with Gasteiger partial charge in [0.05, 0.1) is 5.52 Å². The van der Waals surface area contributed by atoms with E-state index in [1.165, 1.54) is 36.6 Å². The molecule has 0 aliphatic heterocycles. The summed E-state index contributed by atoms with van der Waals surface area (Å²) in [5.41, 5.74) is 2.41. The third-order valence-electron chi connectivity index (χ3n) is 3.26. The second-order valence-electron chi connectivity index (χ2n) is 4.64. The second kappa shape index (κ2) is 4.06. The highest BCUT2D eigenvalue weighted by molar-refractivity contribution is 6.29. The van der Waals surface area contributed by atoms with Gasteiger partial charge >= 0.3 is 0 Å². The van der Waals surface area contributed by atoms with Crippen LogP contribution in [0.4, 0.5) is 0 Å². The van der Waals surface area contributed by atoms with Crippen molar-refractivity contribution < 1.29 is 0 Å². The molecule has 2 heteroatoms. The van der Waals surface area contributed by atoms with Crippen LogP contribution in [0.15, 0.2) is 30.3 Å². The Kier molecular flexibility index (Phi) is 2.56. The first-order valence-corrected chi connectivity index (χ1v) is 6.24. The molecule has 0 N–H and O–H groups in total. The summed E-state index contributed by atoms with van der Waals surface area (Å²) in [6, 6.07) is 10.4. The molecule has 1 nitrogen and oxygen atoms in total. The van der Waals surface area contributed by atoms with E-state index in [4.69, 9.17) is 11.6 Å². The maximum Gasteiger partial charge on any atom is 0.129 e. The maximum absolute atomic E-state index is 5.86. The van der Waals surface area contributed by atoms with Gasteiger partial charge in [-0.15, -0.1) is 0 Å². The molecule has 82 valence electrons. The molecule has 1 aliphatic rings. The molecular weight excluding hydrogens is 218 g/mol. The van der Waals surface area contributed by atoms with Crippen molar-refractivity contribution in [2.45, 2.75) is 25.7 Å². The highest BCUT2D eigenvalue weighted by atomic mass is 35.5. The number of aromatic nitrogens is 1. The van der Waals surface area contributed by atoms with Gasteiger partial charge in [-0.2, -0.15) is 0 Å². The number of pyridine rings is 1. The number of benzene rings is 1. The molecular formula is C14H14ClN. The van der Waals surface area contributed by atoms with Crippen LogP contribution in [0, 0.1) is 5.92 Å². The summed E-state index contributed by atoms with van der Waals surface area (Å²) in [7, 11) is 0. The minimum absolute atomic E-state index is 0.568. The predicted octanol–water partition coefficient (Wildman–Crippen LogP) is 4.23. The van der Waals surface area contributed by atoms with E-state index in [1.807, 2.05) is 12.1 Å². The van der Waals surface area contributed by atoms with Gasteiger partial charge in [-0.3, -0.25) is 0 Å². The van der Waals surface area contributed by atoms with E-state index in [9.17, 15) is 0 Å². The Morgan fingerprint density at radius 2 is 2.06 bits per heavy atom. The lowest BCUT2D eigenvalue weighted by Gasteiger charge is -2.03. The number of aryl methyl sites for hydroxylation is 1. The molecule has 1 heterocycles. The summed E-state index contributed by atoms with van der Waals surface area (Å²) in [5.74, 6) is 0.999. The van der Waals surface area contributed by atoms with Crippen LogP contribution in [-0.4, -0.2) is 4.98 Å². The fourth-order valence-corrected chi connectivity index (χ4v) is 2.24. The molecule has 1 saturated carbocycles. The normalized spacial score (nSPS) is 15.6. The first-order valence-electron chi connectivity index (χ1n) is 5.86. The smallest absolute Gasteiger partial charge is 0.129 e. The van der Waals surface area contributed by atoms with Crippen LogP contribution in [-0.2, 0) is 6.42 Å². The van der Waals surface area contributed by atoms with E-state index in [0.717, 1.165) is 11.4 Å². The Bertz CT molecular complexity index is 517. The Labute approximate surface area is 100 Å². The molecule has 0 radical (unpaired) electrons. The minimum atomic E-state index is 0.568. The van der Waals surface area contributed by atoms with Crippen molar-refractivity contribution in [2.24, 2.45) is 5.92 Å². The number of fused-ring (bicyclic) bond motifs is 1.